The first-order valence-electron chi connectivity index (χ1n) is 10.7. The van der Waals surface area contributed by atoms with Gasteiger partial charge in [0.05, 0.1) is 13.0 Å². The van der Waals surface area contributed by atoms with Crippen LogP contribution in [0.1, 0.15) is 49.1 Å². The molecule has 4 rings (SSSR count). The van der Waals surface area contributed by atoms with Crippen LogP contribution in [0.2, 0.25) is 0 Å². The zero-order chi connectivity index (χ0) is 20.4. The highest BCUT2D eigenvalue weighted by molar-refractivity contribution is 5.39. The molecule has 3 nitrogen and oxygen atoms in total. The van der Waals surface area contributed by atoms with E-state index in [0.29, 0.717) is 19.0 Å². The molecule has 2 aliphatic heterocycles. The van der Waals surface area contributed by atoms with Crippen molar-refractivity contribution in [3.63, 3.8) is 0 Å². The molecule has 3 aliphatic rings. The number of aliphatic hydroxyl groups is 1. The molecule has 2 saturated heterocycles. The van der Waals surface area contributed by atoms with Crippen LogP contribution in [-0.2, 0) is 0 Å². The van der Waals surface area contributed by atoms with Gasteiger partial charge in [-0.2, -0.15) is 13.2 Å². The van der Waals surface area contributed by atoms with Gasteiger partial charge in [0, 0.05) is 42.6 Å². The minimum atomic E-state index is -4.12. The summed E-state index contributed by atoms with van der Waals surface area (Å²) in [6.07, 6.45) is -0.619. The molecule has 2 heterocycles. The first-order chi connectivity index (χ1) is 13.9. The molecule has 1 aliphatic carbocycles. The lowest BCUT2D eigenvalue weighted by atomic mass is 9.74. The van der Waals surface area contributed by atoms with Gasteiger partial charge in [-0.25, -0.2) is 0 Å². The molecule has 0 aromatic heterocycles. The van der Waals surface area contributed by atoms with Crippen LogP contribution in [0.25, 0.3) is 0 Å². The van der Waals surface area contributed by atoms with Crippen molar-refractivity contribution in [3.05, 3.63) is 35.4 Å². The summed E-state index contributed by atoms with van der Waals surface area (Å²) in [5.41, 5.74) is 2.15. The van der Waals surface area contributed by atoms with Crippen LogP contribution in [0.4, 0.5) is 13.2 Å². The van der Waals surface area contributed by atoms with Crippen molar-refractivity contribution in [1.82, 2.24) is 9.80 Å². The molecule has 0 spiro atoms. The molecule has 0 amide bonds. The highest BCUT2D eigenvalue weighted by atomic mass is 19.4. The number of benzene rings is 1. The van der Waals surface area contributed by atoms with Gasteiger partial charge in [-0.1, -0.05) is 24.0 Å². The van der Waals surface area contributed by atoms with E-state index < -0.39 is 12.6 Å². The van der Waals surface area contributed by atoms with E-state index in [-0.39, 0.29) is 31.2 Å². The summed E-state index contributed by atoms with van der Waals surface area (Å²) in [6, 6.07) is 8.44. The number of nitrogens with zero attached hydrogens (tertiary/aromatic N) is 2. The summed E-state index contributed by atoms with van der Waals surface area (Å²) in [7, 11) is 0. The molecular weight excluding hydrogens is 377 g/mol. The minimum absolute atomic E-state index is 0.0472. The van der Waals surface area contributed by atoms with Gasteiger partial charge in [0.15, 0.2) is 0 Å². The quantitative estimate of drug-likeness (QED) is 0.774. The number of fused-ring (bicyclic) bond motifs is 1. The minimum Gasteiger partial charge on any atom is -0.395 e. The zero-order valence-corrected chi connectivity index (χ0v) is 16.7. The average Bonchev–Trinajstić information content (AvgIpc) is 3.49. The number of rotatable bonds is 4. The molecule has 1 aromatic rings. The molecule has 0 bridgehead atoms. The fraction of sp³-hybridized carbons (Fsp3) is 0.652. The van der Waals surface area contributed by atoms with Crippen LogP contribution < -0.4 is 0 Å². The number of hydrogen-bond donors (Lipinski definition) is 1. The van der Waals surface area contributed by atoms with Crippen LogP contribution in [0.3, 0.4) is 0 Å². The maximum absolute atomic E-state index is 12.7. The molecule has 0 radical (unpaired) electrons. The molecule has 3 fully saturated rings. The van der Waals surface area contributed by atoms with E-state index in [1.807, 2.05) is 17.0 Å². The number of halogens is 3. The van der Waals surface area contributed by atoms with Crippen LogP contribution in [-0.4, -0.2) is 66.0 Å². The Labute approximate surface area is 170 Å². The van der Waals surface area contributed by atoms with Gasteiger partial charge in [0.1, 0.15) is 0 Å². The van der Waals surface area contributed by atoms with E-state index in [0.717, 1.165) is 30.5 Å². The Kier molecular flexibility index (Phi) is 6.19. The van der Waals surface area contributed by atoms with Crippen molar-refractivity contribution in [2.45, 2.75) is 56.3 Å². The van der Waals surface area contributed by atoms with E-state index >= 15 is 0 Å². The lowest BCUT2D eigenvalue weighted by molar-refractivity contribution is -0.140. The first kappa shape index (κ1) is 20.7. The summed E-state index contributed by atoms with van der Waals surface area (Å²) in [5.74, 6) is 7.20. The number of alkyl halides is 3. The Hall–Kier alpha value is -1.55. The molecule has 1 saturated carbocycles. The highest BCUT2D eigenvalue weighted by Gasteiger charge is 2.49. The van der Waals surface area contributed by atoms with Gasteiger partial charge >= 0.3 is 6.18 Å². The number of hydrogen-bond acceptors (Lipinski definition) is 3. The van der Waals surface area contributed by atoms with Gasteiger partial charge in [-0.15, -0.1) is 0 Å². The predicted octanol–water partition coefficient (Wildman–Crippen LogP) is 3.63. The Bertz CT molecular complexity index is 748. The zero-order valence-electron chi connectivity index (χ0n) is 16.7. The van der Waals surface area contributed by atoms with Crippen molar-refractivity contribution in [3.8, 4) is 11.8 Å². The van der Waals surface area contributed by atoms with Gasteiger partial charge in [0.2, 0.25) is 0 Å². The fourth-order valence-electron chi connectivity index (χ4n) is 4.70. The van der Waals surface area contributed by atoms with Crippen molar-refractivity contribution in [2.75, 3.05) is 32.8 Å². The Morgan fingerprint density at radius 1 is 1.07 bits per heavy atom. The van der Waals surface area contributed by atoms with Gasteiger partial charge in [0.25, 0.3) is 0 Å². The van der Waals surface area contributed by atoms with E-state index in [1.54, 1.807) is 0 Å². The van der Waals surface area contributed by atoms with E-state index in [9.17, 15) is 18.3 Å². The standard InChI is InChI=1S/C23H29F3N2O/c24-23(25,26)11-14-27-12-1-2-13-28-20(15-27)22(21(28)16-29)19-9-7-18(8-10-19)6-5-17-3-4-17/h7-10,17,20-22,29H,1-4,11-16H2/t20-,21+,22+/m0/s1. The fourth-order valence-corrected chi connectivity index (χ4v) is 4.70. The third-order valence-electron chi connectivity index (χ3n) is 6.46. The second-order valence-corrected chi connectivity index (χ2v) is 8.62. The van der Waals surface area contributed by atoms with E-state index in [4.69, 9.17) is 0 Å². The second-order valence-electron chi connectivity index (χ2n) is 8.62. The van der Waals surface area contributed by atoms with Crippen LogP contribution in [0.5, 0.6) is 0 Å². The Morgan fingerprint density at radius 2 is 1.79 bits per heavy atom. The van der Waals surface area contributed by atoms with Crippen molar-refractivity contribution in [1.29, 1.82) is 0 Å². The monoisotopic (exact) mass is 406 g/mol. The molecule has 1 aromatic carbocycles. The topological polar surface area (TPSA) is 26.7 Å². The summed E-state index contributed by atoms with van der Waals surface area (Å²) in [6.45, 7) is 2.38. The third kappa shape index (κ3) is 5.14. The predicted molar refractivity (Wildman–Crippen MR) is 106 cm³/mol. The average molecular weight is 406 g/mol. The van der Waals surface area contributed by atoms with Crippen LogP contribution in [0, 0.1) is 17.8 Å². The van der Waals surface area contributed by atoms with Gasteiger partial charge < -0.3 is 10.0 Å². The second kappa shape index (κ2) is 8.67. The summed E-state index contributed by atoms with van der Waals surface area (Å²) < 4.78 is 38.1. The van der Waals surface area contributed by atoms with Gasteiger partial charge in [-0.3, -0.25) is 4.90 Å². The number of aliphatic hydroxyl groups excluding tert-OH is 1. The molecular formula is C23H29F3N2O. The molecule has 6 heteroatoms. The first-order valence-corrected chi connectivity index (χ1v) is 10.7. The molecule has 0 unspecified atom stereocenters. The largest absolute Gasteiger partial charge is 0.395 e. The van der Waals surface area contributed by atoms with E-state index in [2.05, 4.69) is 28.9 Å². The molecule has 158 valence electrons. The Balaban J connectivity index is 1.47. The van der Waals surface area contributed by atoms with Crippen molar-refractivity contribution >= 4 is 0 Å². The lowest BCUT2D eigenvalue weighted by Crippen LogP contribution is -2.67. The van der Waals surface area contributed by atoms with Crippen LogP contribution >= 0.6 is 0 Å². The molecule has 3 atom stereocenters. The maximum atomic E-state index is 12.7. The summed E-state index contributed by atoms with van der Waals surface area (Å²) in [4.78, 5) is 4.26. The smallest absolute Gasteiger partial charge is 0.390 e. The van der Waals surface area contributed by atoms with Crippen molar-refractivity contribution < 1.29 is 18.3 Å². The van der Waals surface area contributed by atoms with Gasteiger partial charge in [-0.05, 0) is 56.5 Å². The van der Waals surface area contributed by atoms with E-state index in [1.165, 1.54) is 12.8 Å². The summed E-state index contributed by atoms with van der Waals surface area (Å²) in [5, 5.41) is 9.98. The Morgan fingerprint density at radius 3 is 2.45 bits per heavy atom. The SMILES string of the molecule is OC[C@@H]1[C@H](c2ccc(C#CC3CC3)cc2)[C@@H]2CN(CCC(F)(F)F)CCCCN12. The summed E-state index contributed by atoms with van der Waals surface area (Å²) >= 11 is 0. The third-order valence-corrected chi connectivity index (χ3v) is 6.46. The molecule has 1 N–H and O–H groups in total. The van der Waals surface area contributed by atoms with Crippen molar-refractivity contribution in [2.24, 2.45) is 5.92 Å². The van der Waals surface area contributed by atoms with Crippen LogP contribution in [0.15, 0.2) is 24.3 Å². The normalized spacial score (nSPS) is 28.5. The lowest BCUT2D eigenvalue weighted by Gasteiger charge is -2.57. The highest BCUT2D eigenvalue weighted by Crippen LogP contribution is 2.42. The maximum Gasteiger partial charge on any atom is 0.390 e. The molecule has 29 heavy (non-hydrogen) atoms.